The minimum absolute atomic E-state index is 0.0193. The maximum Gasteiger partial charge on any atom is 0.0806 e. The molecule has 0 aromatic heterocycles. The lowest BCUT2D eigenvalue weighted by molar-refractivity contribution is -0.0263. The molecule has 29 heavy (non-hydrogen) atoms. The van der Waals surface area contributed by atoms with Crippen LogP contribution >= 0.6 is 0 Å². The van der Waals surface area contributed by atoms with Crippen molar-refractivity contribution in [3.05, 3.63) is 47.7 Å². The molecule has 0 fully saturated rings. The van der Waals surface area contributed by atoms with Gasteiger partial charge in [0.2, 0.25) is 0 Å². The molecule has 0 aliphatic carbocycles. The monoisotopic (exact) mass is 407 g/mol. The maximum atomic E-state index is 5.75. The maximum absolute atomic E-state index is 5.75. The van der Waals surface area contributed by atoms with Crippen LogP contribution < -0.4 is 0 Å². The molecule has 0 heterocycles. The minimum Gasteiger partial charge on any atom is -0.381 e. The summed E-state index contributed by atoms with van der Waals surface area (Å²) in [5, 5.41) is 0. The molecule has 0 spiro atoms. The van der Waals surface area contributed by atoms with Crippen molar-refractivity contribution >= 4 is 6.72 Å². The van der Waals surface area contributed by atoms with Crippen molar-refractivity contribution in [1.82, 2.24) is 0 Å². The van der Waals surface area contributed by atoms with Gasteiger partial charge in [0.1, 0.15) is 0 Å². The third kappa shape index (κ3) is 11.9. The molecule has 166 valence electrons. The Morgan fingerprint density at radius 2 is 1.38 bits per heavy atom. The van der Waals surface area contributed by atoms with E-state index in [9.17, 15) is 0 Å². The van der Waals surface area contributed by atoms with Gasteiger partial charge in [0.05, 0.1) is 24.4 Å². The predicted octanol–water partition coefficient (Wildman–Crippen LogP) is 5.29. The van der Waals surface area contributed by atoms with E-state index in [1.54, 1.807) is 28.4 Å². The Hall–Kier alpha value is -1.53. The van der Waals surface area contributed by atoms with Crippen molar-refractivity contribution in [2.75, 3.05) is 28.4 Å². The van der Waals surface area contributed by atoms with E-state index >= 15 is 0 Å². The van der Waals surface area contributed by atoms with Gasteiger partial charge >= 0.3 is 0 Å². The van der Waals surface area contributed by atoms with E-state index in [1.807, 2.05) is 25.2 Å². The quantitative estimate of drug-likeness (QED) is 0.198. The van der Waals surface area contributed by atoms with E-state index in [4.69, 9.17) is 18.9 Å². The number of hydrogen-bond acceptors (Lipinski definition) is 5. The molecule has 0 saturated carbocycles. The van der Waals surface area contributed by atoms with Crippen LogP contribution in [0.3, 0.4) is 0 Å². The van der Waals surface area contributed by atoms with E-state index < -0.39 is 0 Å². The van der Waals surface area contributed by atoms with E-state index in [0.29, 0.717) is 0 Å². The lowest BCUT2D eigenvalue weighted by Crippen LogP contribution is -2.30. The van der Waals surface area contributed by atoms with Gasteiger partial charge in [0.15, 0.2) is 0 Å². The Balaban J connectivity index is 5.09. The summed E-state index contributed by atoms with van der Waals surface area (Å²) < 4.78 is 22.7. The summed E-state index contributed by atoms with van der Waals surface area (Å²) in [4.78, 5) is 3.89. The van der Waals surface area contributed by atoms with Gasteiger partial charge in [-0.2, -0.15) is 0 Å². The second kappa shape index (κ2) is 16.3. The van der Waals surface area contributed by atoms with Gasteiger partial charge in [-0.3, -0.25) is 4.99 Å². The number of allylic oxidation sites excluding steroid dienone is 5. The van der Waals surface area contributed by atoms with E-state index in [-0.39, 0.29) is 24.4 Å². The molecule has 4 atom stereocenters. The van der Waals surface area contributed by atoms with Crippen LogP contribution in [0.25, 0.3) is 0 Å². The third-order valence-electron chi connectivity index (χ3n) is 5.04. The van der Waals surface area contributed by atoms with Gasteiger partial charge < -0.3 is 18.9 Å². The molecule has 0 unspecified atom stereocenters. The molecule has 0 aromatic carbocycles. The number of aliphatic imine (C=N–C) groups is 1. The molecular weight excluding hydrogens is 366 g/mol. The summed E-state index contributed by atoms with van der Waals surface area (Å²) in [7, 11) is 6.93. The fraction of sp³-hybridized carbons (Fsp3) is 0.625. The highest BCUT2D eigenvalue weighted by molar-refractivity contribution is 5.32. The molecule has 0 amide bonds. The molecule has 5 nitrogen and oxygen atoms in total. The Bertz CT molecular complexity index is 565. The zero-order chi connectivity index (χ0) is 22.2. The van der Waals surface area contributed by atoms with Gasteiger partial charge in [0, 0.05) is 47.0 Å². The van der Waals surface area contributed by atoms with Gasteiger partial charge in [-0.15, -0.1) is 6.58 Å². The van der Waals surface area contributed by atoms with Crippen LogP contribution in [-0.4, -0.2) is 59.6 Å². The van der Waals surface area contributed by atoms with Gasteiger partial charge in [-0.05, 0) is 52.0 Å². The first-order valence-electron chi connectivity index (χ1n) is 10.1. The van der Waals surface area contributed by atoms with Crippen LogP contribution in [0.4, 0.5) is 0 Å². The van der Waals surface area contributed by atoms with Crippen molar-refractivity contribution in [3.63, 3.8) is 0 Å². The molecule has 0 bridgehead atoms. The van der Waals surface area contributed by atoms with Crippen molar-refractivity contribution < 1.29 is 18.9 Å². The van der Waals surface area contributed by atoms with Crippen molar-refractivity contribution in [2.45, 2.75) is 70.9 Å². The molecule has 0 saturated heterocycles. The zero-order valence-corrected chi connectivity index (χ0v) is 19.4. The summed E-state index contributed by atoms with van der Waals surface area (Å²) in [6.45, 7) is 13.4. The molecule has 0 rings (SSSR count). The fourth-order valence-corrected chi connectivity index (χ4v) is 3.15. The first-order valence-corrected chi connectivity index (χ1v) is 10.1. The normalized spacial score (nSPS) is 17.6. The lowest BCUT2D eigenvalue weighted by atomic mass is 9.96. The van der Waals surface area contributed by atoms with Gasteiger partial charge in [-0.25, -0.2) is 0 Å². The smallest absolute Gasteiger partial charge is 0.0806 e. The highest BCUT2D eigenvalue weighted by Gasteiger charge is 2.23. The highest BCUT2D eigenvalue weighted by Crippen LogP contribution is 2.22. The van der Waals surface area contributed by atoms with Gasteiger partial charge in [-0.1, -0.05) is 23.8 Å². The van der Waals surface area contributed by atoms with Crippen LogP contribution in [0.1, 0.15) is 46.5 Å². The van der Waals surface area contributed by atoms with Crippen molar-refractivity contribution in [3.8, 4) is 0 Å². The van der Waals surface area contributed by atoms with Crippen LogP contribution in [0.15, 0.2) is 52.7 Å². The zero-order valence-electron chi connectivity index (χ0n) is 19.4. The Kier molecular flexibility index (Phi) is 15.4. The number of ether oxygens (including phenoxy) is 4. The van der Waals surface area contributed by atoms with Crippen LogP contribution in [-0.2, 0) is 18.9 Å². The van der Waals surface area contributed by atoms with Crippen molar-refractivity contribution in [2.24, 2.45) is 4.99 Å². The second-order valence-electron chi connectivity index (χ2n) is 7.29. The Morgan fingerprint density at radius 1 is 0.828 bits per heavy atom. The number of nitrogens with zero attached hydrogens (tertiary/aromatic N) is 1. The number of methoxy groups -OCH3 is 4. The molecular formula is C24H41NO4. The first-order chi connectivity index (χ1) is 13.8. The topological polar surface area (TPSA) is 49.3 Å². The van der Waals surface area contributed by atoms with Gasteiger partial charge in [0.25, 0.3) is 0 Å². The standard InChI is InChI=1S/C24H41NO4/c1-10-11-21(26-6)15-22(27-7)16-23(28-8)17-24(29-9)19(3)14-18(2)12-13-20(4)25-5/h10,12-14,21-24H,1,5,11,15-17H2,2-4,6-9H3/b18-12+,19-14+,20-13+/t21-,22-,23-,24-/m0/s1. The predicted molar refractivity (Wildman–Crippen MR) is 123 cm³/mol. The van der Waals surface area contributed by atoms with E-state index in [0.717, 1.165) is 42.5 Å². The van der Waals surface area contributed by atoms with Crippen LogP contribution in [0.5, 0.6) is 0 Å². The minimum atomic E-state index is -0.0326. The molecule has 5 heteroatoms. The fourth-order valence-electron chi connectivity index (χ4n) is 3.15. The SMILES string of the molecule is C=CC[C@@H](C[C@@H](C[C@@H](C[C@H](OC)/C(C)=C/C(C)=C/C=C(\C)N=C)OC)OC)OC. The summed E-state index contributed by atoms with van der Waals surface area (Å²) in [6, 6.07) is 0. The molecule has 0 N–H and O–H groups in total. The lowest BCUT2D eigenvalue weighted by Gasteiger charge is -2.27. The Labute approximate surface area is 178 Å². The average Bonchev–Trinajstić information content (AvgIpc) is 2.73. The Morgan fingerprint density at radius 3 is 1.86 bits per heavy atom. The first kappa shape index (κ1) is 27.5. The second-order valence-corrected chi connectivity index (χ2v) is 7.29. The summed E-state index contributed by atoms with van der Waals surface area (Å²) in [5.74, 6) is 0. The molecule has 0 aromatic rings. The van der Waals surface area contributed by atoms with E-state index in [1.165, 1.54) is 0 Å². The van der Waals surface area contributed by atoms with Crippen LogP contribution in [0, 0.1) is 0 Å². The summed E-state index contributed by atoms with van der Waals surface area (Å²) >= 11 is 0. The summed E-state index contributed by atoms with van der Waals surface area (Å²) in [5.41, 5.74) is 3.16. The largest absolute Gasteiger partial charge is 0.381 e. The van der Waals surface area contributed by atoms with Crippen molar-refractivity contribution in [1.29, 1.82) is 0 Å². The average molecular weight is 408 g/mol. The van der Waals surface area contributed by atoms with Crippen LogP contribution in [0.2, 0.25) is 0 Å². The molecule has 0 aliphatic heterocycles. The number of hydrogen-bond donors (Lipinski definition) is 0. The third-order valence-corrected chi connectivity index (χ3v) is 5.04. The molecule has 0 radical (unpaired) electrons. The van der Waals surface area contributed by atoms with E-state index in [2.05, 4.69) is 38.2 Å². The molecule has 0 aliphatic rings. The summed E-state index contributed by atoms with van der Waals surface area (Å²) in [6.07, 6.45) is 11.3. The highest BCUT2D eigenvalue weighted by atomic mass is 16.5. The number of rotatable bonds is 16.